The number of anilines is 1. The number of aliphatic hydroxyl groups excluding tert-OH is 1. The Bertz CT molecular complexity index is 533. The summed E-state index contributed by atoms with van der Waals surface area (Å²) in [6.45, 7) is 8.14. The molecule has 0 aliphatic carbocycles. The minimum atomic E-state index is -0.469. The van der Waals surface area contributed by atoms with E-state index in [1.807, 2.05) is 0 Å². The fourth-order valence-corrected chi connectivity index (χ4v) is 3.48. The van der Waals surface area contributed by atoms with E-state index < -0.39 is 6.10 Å². The Labute approximate surface area is 136 Å². The minimum Gasteiger partial charge on any atom is -0.489 e. The molecule has 0 amide bonds. The number of fused-ring (bicyclic) bond motifs is 1. The van der Waals surface area contributed by atoms with E-state index in [0.717, 1.165) is 18.8 Å². The molecule has 3 unspecified atom stereocenters. The topological polar surface area (TPSA) is 45.2 Å². The highest BCUT2D eigenvalue weighted by Gasteiger charge is 2.26. The molecule has 23 heavy (non-hydrogen) atoms. The molecule has 1 saturated heterocycles. The van der Waals surface area contributed by atoms with E-state index in [1.54, 1.807) is 6.07 Å². The number of ether oxygens (including phenoxy) is 2. The van der Waals surface area contributed by atoms with Crippen LogP contribution < -0.4 is 9.64 Å². The summed E-state index contributed by atoms with van der Waals surface area (Å²) in [6, 6.07) is 4.55. The Morgan fingerprint density at radius 2 is 2.00 bits per heavy atom. The molecule has 128 valence electrons. The van der Waals surface area contributed by atoms with E-state index in [-0.39, 0.29) is 18.0 Å². The zero-order valence-corrected chi connectivity index (χ0v) is 13.7. The highest BCUT2D eigenvalue weighted by atomic mass is 19.1. The Morgan fingerprint density at radius 1 is 1.26 bits per heavy atom. The molecule has 2 aliphatic rings. The number of rotatable bonds is 4. The van der Waals surface area contributed by atoms with Crippen molar-refractivity contribution in [1.29, 1.82) is 0 Å². The fourth-order valence-electron chi connectivity index (χ4n) is 3.48. The van der Waals surface area contributed by atoms with Gasteiger partial charge in [-0.2, -0.15) is 0 Å². The molecule has 3 atom stereocenters. The van der Waals surface area contributed by atoms with E-state index >= 15 is 0 Å². The van der Waals surface area contributed by atoms with E-state index in [0.29, 0.717) is 32.0 Å². The number of hydrogen-bond acceptors (Lipinski definition) is 5. The average Bonchev–Trinajstić information content (AvgIpc) is 2.45. The maximum atomic E-state index is 13.3. The molecule has 0 spiro atoms. The predicted octanol–water partition coefficient (Wildman–Crippen LogP) is 1.49. The molecule has 1 aromatic rings. The van der Waals surface area contributed by atoms with Crippen LogP contribution in [0.3, 0.4) is 0 Å². The minimum absolute atomic E-state index is 0.193. The Hall–Kier alpha value is -1.37. The third-order valence-electron chi connectivity index (χ3n) is 4.28. The van der Waals surface area contributed by atoms with Gasteiger partial charge in [-0.05, 0) is 26.0 Å². The van der Waals surface area contributed by atoms with Crippen molar-refractivity contribution in [3.05, 3.63) is 24.0 Å². The van der Waals surface area contributed by atoms with Gasteiger partial charge in [0.2, 0.25) is 0 Å². The van der Waals surface area contributed by atoms with Gasteiger partial charge in [0.05, 0.1) is 30.5 Å². The van der Waals surface area contributed by atoms with Gasteiger partial charge in [-0.1, -0.05) is 0 Å². The number of nitrogens with zero attached hydrogens (tertiary/aromatic N) is 2. The number of aliphatic hydroxyl groups is 1. The Kier molecular flexibility index (Phi) is 5.04. The van der Waals surface area contributed by atoms with E-state index in [2.05, 4.69) is 23.6 Å². The molecule has 0 radical (unpaired) electrons. The van der Waals surface area contributed by atoms with Crippen molar-refractivity contribution < 1.29 is 19.0 Å². The molecule has 0 bridgehead atoms. The van der Waals surface area contributed by atoms with Crippen molar-refractivity contribution in [2.75, 3.05) is 44.2 Å². The summed E-state index contributed by atoms with van der Waals surface area (Å²) in [5, 5.41) is 10.5. The van der Waals surface area contributed by atoms with E-state index in [4.69, 9.17) is 9.47 Å². The summed E-state index contributed by atoms with van der Waals surface area (Å²) in [7, 11) is 0. The van der Waals surface area contributed by atoms with Gasteiger partial charge in [0, 0.05) is 32.2 Å². The lowest BCUT2D eigenvalue weighted by Gasteiger charge is -2.38. The van der Waals surface area contributed by atoms with Crippen LogP contribution in [0.25, 0.3) is 0 Å². The Balaban J connectivity index is 1.59. The summed E-state index contributed by atoms with van der Waals surface area (Å²) in [4.78, 5) is 4.31. The maximum absolute atomic E-state index is 13.3. The van der Waals surface area contributed by atoms with Crippen LogP contribution in [0.5, 0.6) is 5.75 Å². The van der Waals surface area contributed by atoms with Gasteiger partial charge in [0.1, 0.15) is 18.2 Å². The molecule has 0 saturated carbocycles. The van der Waals surface area contributed by atoms with Crippen LogP contribution in [0.4, 0.5) is 10.1 Å². The van der Waals surface area contributed by atoms with Crippen molar-refractivity contribution in [2.45, 2.75) is 32.2 Å². The standard InChI is InChI=1S/C17H25FN2O3/c1-12-8-19(9-13(2)23-12)10-15(21)11-20-5-6-22-17-7-14(18)3-4-16(17)20/h3-4,7,12-13,15,21H,5-6,8-11H2,1-2H3. The monoisotopic (exact) mass is 324 g/mol. The van der Waals surface area contributed by atoms with Gasteiger partial charge in [0.15, 0.2) is 0 Å². The maximum Gasteiger partial charge on any atom is 0.145 e. The second kappa shape index (κ2) is 7.03. The zero-order valence-electron chi connectivity index (χ0n) is 13.7. The quantitative estimate of drug-likeness (QED) is 0.909. The summed E-state index contributed by atoms with van der Waals surface area (Å²) >= 11 is 0. The second-order valence-corrected chi connectivity index (χ2v) is 6.54. The third-order valence-corrected chi connectivity index (χ3v) is 4.28. The molecule has 1 fully saturated rings. The molecule has 1 N–H and O–H groups in total. The summed E-state index contributed by atoms with van der Waals surface area (Å²) in [6.07, 6.45) is -0.0837. The molecule has 1 aromatic carbocycles. The lowest BCUT2D eigenvalue weighted by atomic mass is 10.2. The molecule has 5 nitrogen and oxygen atoms in total. The summed E-state index contributed by atoms with van der Waals surface area (Å²) in [5.41, 5.74) is 0.848. The highest BCUT2D eigenvalue weighted by Crippen LogP contribution is 2.32. The fraction of sp³-hybridized carbons (Fsp3) is 0.647. The molecular formula is C17H25FN2O3. The van der Waals surface area contributed by atoms with Crippen LogP contribution in [0.2, 0.25) is 0 Å². The van der Waals surface area contributed by atoms with Crippen molar-refractivity contribution in [1.82, 2.24) is 4.90 Å². The molecule has 2 heterocycles. The van der Waals surface area contributed by atoms with Crippen LogP contribution in [-0.4, -0.2) is 67.6 Å². The van der Waals surface area contributed by atoms with Gasteiger partial charge in [-0.3, -0.25) is 4.90 Å². The lowest BCUT2D eigenvalue weighted by molar-refractivity contribution is -0.0758. The van der Waals surface area contributed by atoms with Crippen LogP contribution in [0.15, 0.2) is 18.2 Å². The van der Waals surface area contributed by atoms with E-state index in [1.165, 1.54) is 12.1 Å². The summed E-state index contributed by atoms with van der Waals surface area (Å²) < 4.78 is 24.5. The lowest BCUT2D eigenvalue weighted by Crippen LogP contribution is -2.50. The number of β-amino-alcohol motifs (C(OH)–C–C–N with tert-alkyl or cyclic N) is 1. The van der Waals surface area contributed by atoms with Crippen LogP contribution in [0.1, 0.15) is 13.8 Å². The van der Waals surface area contributed by atoms with Crippen LogP contribution in [-0.2, 0) is 4.74 Å². The van der Waals surface area contributed by atoms with Crippen LogP contribution in [0, 0.1) is 5.82 Å². The SMILES string of the molecule is CC1CN(CC(O)CN2CCOc3cc(F)ccc32)CC(C)O1. The van der Waals surface area contributed by atoms with Gasteiger partial charge in [0.25, 0.3) is 0 Å². The highest BCUT2D eigenvalue weighted by molar-refractivity contribution is 5.60. The number of morpholine rings is 1. The van der Waals surface area contributed by atoms with Gasteiger partial charge in [-0.15, -0.1) is 0 Å². The first-order valence-electron chi connectivity index (χ1n) is 8.24. The van der Waals surface area contributed by atoms with Gasteiger partial charge < -0.3 is 19.5 Å². The van der Waals surface area contributed by atoms with Gasteiger partial charge >= 0.3 is 0 Å². The second-order valence-electron chi connectivity index (χ2n) is 6.54. The molecule has 0 aromatic heterocycles. The molecule has 3 rings (SSSR count). The number of halogens is 1. The smallest absolute Gasteiger partial charge is 0.145 e. The molecule has 2 aliphatic heterocycles. The molecular weight excluding hydrogens is 299 g/mol. The first-order chi connectivity index (χ1) is 11.0. The van der Waals surface area contributed by atoms with Crippen molar-refractivity contribution in [3.63, 3.8) is 0 Å². The first-order valence-corrected chi connectivity index (χ1v) is 8.24. The average molecular weight is 324 g/mol. The van der Waals surface area contributed by atoms with Crippen molar-refractivity contribution in [3.8, 4) is 5.75 Å². The van der Waals surface area contributed by atoms with Crippen molar-refractivity contribution in [2.24, 2.45) is 0 Å². The van der Waals surface area contributed by atoms with E-state index in [9.17, 15) is 9.50 Å². The third kappa shape index (κ3) is 4.13. The van der Waals surface area contributed by atoms with Crippen molar-refractivity contribution >= 4 is 5.69 Å². The summed E-state index contributed by atoms with van der Waals surface area (Å²) in [5.74, 6) is 0.250. The zero-order chi connectivity index (χ0) is 16.4. The normalized spacial score (nSPS) is 26.5. The number of hydrogen-bond donors (Lipinski definition) is 1. The largest absolute Gasteiger partial charge is 0.489 e. The van der Waals surface area contributed by atoms with Gasteiger partial charge in [-0.25, -0.2) is 4.39 Å². The molecule has 6 heteroatoms. The first kappa shape index (κ1) is 16.5. The Morgan fingerprint density at radius 3 is 2.74 bits per heavy atom. The predicted molar refractivity (Wildman–Crippen MR) is 86.6 cm³/mol. The van der Waals surface area contributed by atoms with Crippen LogP contribution >= 0.6 is 0 Å². The number of benzene rings is 1.